The van der Waals surface area contributed by atoms with Crippen LogP contribution in [0.2, 0.25) is 0 Å². The van der Waals surface area contributed by atoms with Gasteiger partial charge in [0.25, 0.3) is 0 Å². The lowest BCUT2D eigenvalue weighted by atomic mass is 9.92. The van der Waals surface area contributed by atoms with Crippen LogP contribution in [-0.4, -0.2) is 5.78 Å². The highest BCUT2D eigenvalue weighted by Crippen LogP contribution is 2.25. The van der Waals surface area contributed by atoms with Crippen LogP contribution in [0.1, 0.15) is 41.6 Å². The number of benzene rings is 3. The molecule has 0 aliphatic heterocycles. The normalized spacial score (nSPS) is 12.2. The maximum atomic E-state index is 12.2. The van der Waals surface area contributed by atoms with Gasteiger partial charge in [0, 0.05) is 12.0 Å². The fourth-order valence-electron chi connectivity index (χ4n) is 2.80. The largest absolute Gasteiger partial charge is 0.294 e. The number of ketones is 1. The predicted octanol–water partition coefficient (Wildman–Crippen LogP) is 5.61. The first-order valence-corrected chi connectivity index (χ1v) is 7.81. The monoisotopic (exact) mass is 288 g/mol. The van der Waals surface area contributed by atoms with Crippen molar-refractivity contribution in [2.75, 3.05) is 0 Å². The van der Waals surface area contributed by atoms with Gasteiger partial charge in [-0.3, -0.25) is 4.79 Å². The fraction of sp³-hybridized carbons (Fsp3) is 0.190. The van der Waals surface area contributed by atoms with E-state index in [2.05, 4.69) is 49.4 Å². The van der Waals surface area contributed by atoms with E-state index in [-0.39, 0.29) is 5.78 Å². The van der Waals surface area contributed by atoms with E-state index in [1.165, 1.54) is 16.3 Å². The second kappa shape index (κ2) is 6.57. The number of hydrogen-bond acceptors (Lipinski definition) is 1. The molecule has 22 heavy (non-hydrogen) atoms. The van der Waals surface area contributed by atoms with E-state index >= 15 is 0 Å². The van der Waals surface area contributed by atoms with Crippen LogP contribution < -0.4 is 0 Å². The third-order valence-electron chi connectivity index (χ3n) is 4.24. The van der Waals surface area contributed by atoms with Crippen LogP contribution in [0, 0.1) is 0 Å². The number of carbonyl (C=O) groups is 1. The summed E-state index contributed by atoms with van der Waals surface area (Å²) in [5.74, 6) is 0.616. The van der Waals surface area contributed by atoms with Gasteiger partial charge in [-0.25, -0.2) is 0 Å². The molecular weight excluding hydrogens is 268 g/mol. The minimum Gasteiger partial charge on any atom is -0.294 e. The van der Waals surface area contributed by atoms with Crippen molar-refractivity contribution in [1.82, 2.24) is 0 Å². The summed E-state index contributed by atoms with van der Waals surface area (Å²) in [6.07, 6.45) is 1.48. The molecule has 0 bridgehead atoms. The molecule has 0 radical (unpaired) electrons. The molecule has 3 aromatic carbocycles. The molecule has 1 heteroatoms. The third-order valence-corrected chi connectivity index (χ3v) is 4.24. The van der Waals surface area contributed by atoms with Gasteiger partial charge in [-0.2, -0.15) is 0 Å². The van der Waals surface area contributed by atoms with Gasteiger partial charge < -0.3 is 0 Å². The molecule has 0 aliphatic rings. The average Bonchev–Trinajstić information content (AvgIpc) is 2.59. The molecule has 0 saturated carbocycles. The standard InChI is InChI=1S/C21H20O/c1-16(11-14-21(22)18-8-3-2-4-9-18)19-13-12-17-7-5-6-10-20(17)15-19/h2-10,12-13,15-16H,11,14H2,1H3. The Kier molecular flexibility index (Phi) is 4.34. The van der Waals surface area contributed by atoms with Crippen LogP contribution in [0.4, 0.5) is 0 Å². The number of fused-ring (bicyclic) bond motifs is 1. The average molecular weight is 288 g/mol. The molecule has 0 aliphatic carbocycles. The van der Waals surface area contributed by atoms with Crippen molar-refractivity contribution in [2.24, 2.45) is 0 Å². The Morgan fingerprint density at radius 2 is 1.55 bits per heavy atom. The van der Waals surface area contributed by atoms with Gasteiger partial charge in [-0.1, -0.05) is 79.7 Å². The van der Waals surface area contributed by atoms with Crippen LogP contribution in [0.3, 0.4) is 0 Å². The summed E-state index contributed by atoms with van der Waals surface area (Å²) in [5.41, 5.74) is 2.12. The molecule has 1 nitrogen and oxygen atoms in total. The van der Waals surface area contributed by atoms with Crippen molar-refractivity contribution >= 4 is 16.6 Å². The lowest BCUT2D eigenvalue weighted by Crippen LogP contribution is -2.02. The first-order valence-electron chi connectivity index (χ1n) is 7.81. The maximum absolute atomic E-state index is 12.2. The highest BCUT2D eigenvalue weighted by atomic mass is 16.1. The Bertz CT molecular complexity index is 774. The molecule has 3 aromatic rings. The van der Waals surface area contributed by atoms with Crippen LogP contribution in [0.5, 0.6) is 0 Å². The van der Waals surface area contributed by atoms with Crippen LogP contribution >= 0.6 is 0 Å². The van der Waals surface area contributed by atoms with Crippen molar-refractivity contribution in [2.45, 2.75) is 25.7 Å². The van der Waals surface area contributed by atoms with Gasteiger partial charge in [0.2, 0.25) is 0 Å². The van der Waals surface area contributed by atoms with E-state index in [9.17, 15) is 4.79 Å². The van der Waals surface area contributed by atoms with Crippen molar-refractivity contribution in [3.05, 3.63) is 83.9 Å². The van der Waals surface area contributed by atoms with Crippen molar-refractivity contribution in [3.8, 4) is 0 Å². The second-order valence-electron chi connectivity index (χ2n) is 5.84. The summed E-state index contributed by atoms with van der Waals surface area (Å²) in [5, 5.41) is 2.53. The first kappa shape index (κ1) is 14.5. The smallest absolute Gasteiger partial charge is 0.162 e. The SMILES string of the molecule is CC(CCC(=O)c1ccccc1)c1ccc2ccccc2c1. The van der Waals surface area contributed by atoms with Gasteiger partial charge in [0.05, 0.1) is 0 Å². The molecule has 0 amide bonds. The number of hydrogen-bond donors (Lipinski definition) is 0. The van der Waals surface area contributed by atoms with E-state index in [4.69, 9.17) is 0 Å². The maximum Gasteiger partial charge on any atom is 0.162 e. The summed E-state index contributed by atoms with van der Waals surface area (Å²) in [4.78, 5) is 12.2. The van der Waals surface area contributed by atoms with Gasteiger partial charge in [-0.15, -0.1) is 0 Å². The zero-order valence-corrected chi connectivity index (χ0v) is 12.8. The van der Waals surface area contributed by atoms with Gasteiger partial charge in [0.15, 0.2) is 5.78 Å². The van der Waals surface area contributed by atoms with E-state index in [0.29, 0.717) is 12.3 Å². The molecule has 1 atom stereocenters. The molecule has 3 rings (SSSR count). The Labute approximate surface area is 131 Å². The van der Waals surface area contributed by atoms with E-state index in [1.807, 2.05) is 30.3 Å². The zero-order valence-electron chi connectivity index (χ0n) is 12.8. The Balaban J connectivity index is 1.68. The quantitative estimate of drug-likeness (QED) is 0.558. The summed E-state index contributed by atoms with van der Waals surface area (Å²) in [7, 11) is 0. The lowest BCUT2D eigenvalue weighted by molar-refractivity contribution is 0.0978. The van der Waals surface area contributed by atoms with Crippen LogP contribution in [0.25, 0.3) is 10.8 Å². The Morgan fingerprint density at radius 1 is 0.864 bits per heavy atom. The van der Waals surface area contributed by atoms with E-state index in [0.717, 1.165) is 12.0 Å². The Morgan fingerprint density at radius 3 is 2.32 bits per heavy atom. The van der Waals surface area contributed by atoms with Crippen LogP contribution in [-0.2, 0) is 0 Å². The lowest BCUT2D eigenvalue weighted by Gasteiger charge is -2.12. The van der Waals surface area contributed by atoms with Gasteiger partial charge in [0.1, 0.15) is 0 Å². The van der Waals surface area contributed by atoms with E-state index < -0.39 is 0 Å². The molecule has 0 aromatic heterocycles. The minimum atomic E-state index is 0.230. The van der Waals surface area contributed by atoms with Gasteiger partial charge >= 0.3 is 0 Å². The van der Waals surface area contributed by atoms with Crippen molar-refractivity contribution in [1.29, 1.82) is 0 Å². The molecule has 0 fully saturated rings. The first-order chi connectivity index (χ1) is 10.7. The molecule has 0 heterocycles. The van der Waals surface area contributed by atoms with Gasteiger partial charge in [-0.05, 0) is 28.7 Å². The summed E-state index contributed by atoms with van der Waals surface area (Å²) in [6, 6.07) is 24.5. The number of rotatable bonds is 5. The summed E-state index contributed by atoms with van der Waals surface area (Å²) in [6.45, 7) is 2.20. The predicted molar refractivity (Wildman–Crippen MR) is 92.4 cm³/mol. The molecular formula is C21H20O. The third kappa shape index (κ3) is 3.25. The minimum absolute atomic E-state index is 0.230. The molecule has 1 unspecified atom stereocenters. The van der Waals surface area contributed by atoms with Crippen LogP contribution in [0.15, 0.2) is 72.8 Å². The van der Waals surface area contributed by atoms with E-state index in [1.54, 1.807) is 0 Å². The number of Topliss-reactive ketones (excluding diaryl/α,β-unsaturated/α-hetero) is 1. The highest BCUT2D eigenvalue weighted by molar-refractivity contribution is 5.96. The molecule has 0 N–H and O–H groups in total. The summed E-state index contributed by atoms with van der Waals surface area (Å²) < 4.78 is 0. The molecule has 110 valence electrons. The fourth-order valence-corrected chi connectivity index (χ4v) is 2.80. The highest BCUT2D eigenvalue weighted by Gasteiger charge is 2.10. The molecule has 0 spiro atoms. The van der Waals surface area contributed by atoms with Crippen molar-refractivity contribution < 1.29 is 4.79 Å². The zero-order chi connectivity index (χ0) is 15.4. The molecule has 0 saturated heterocycles. The Hall–Kier alpha value is -2.41. The summed E-state index contributed by atoms with van der Waals surface area (Å²) >= 11 is 0. The number of carbonyl (C=O) groups excluding carboxylic acids is 1. The van der Waals surface area contributed by atoms with Crippen molar-refractivity contribution in [3.63, 3.8) is 0 Å². The topological polar surface area (TPSA) is 17.1 Å². The second-order valence-corrected chi connectivity index (χ2v) is 5.84.